The lowest BCUT2D eigenvalue weighted by Gasteiger charge is -2.11. The summed E-state index contributed by atoms with van der Waals surface area (Å²) in [6, 6.07) is 10.0. The highest BCUT2D eigenvalue weighted by Gasteiger charge is 2.07. The maximum absolute atomic E-state index is 11.9. The summed E-state index contributed by atoms with van der Waals surface area (Å²) in [6.45, 7) is 2.61. The molecule has 0 aliphatic carbocycles. The molecular formula is C16H19NO2S. The summed E-state index contributed by atoms with van der Waals surface area (Å²) in [5.74, 6) is 0.857. The number of methoxy groups -OCH3 is 1. The summed E-state index contributed by atoms with van der Waals surface area (Å²) in [7, 11) is 1.65. The minimum atomic E-state index is 0.0383. The van der Waals surface area contributed by atoms with Crippen LogP contribution in [0, 0.1) is 0 Å². The molecule has 0 fully saturated rings. The van der Waals surface area contributed by atoms with Gasteiger partial charge in [-0.15, -0.1) is 11.3 Å². The monoisotopic (exact) mass is 289 g/mol. The second-order valence-electron chi connectivity index (χ2n) is 4.53. The molecule has 3 nitrogen and oxygen atoms in total. The number of thiophene rings is 1. The molecule has 1 N–H and O–H groups in total. The molecule has 0 saturated heterocycles. The normalized spacial score (nSPS) is 10.3. The van der Waals surface area contributed by atoms with Crippen LogP contribution in [0.5, 0.6) is 5.75 Å². The van der Waals surface area contributed by atoms with E-state index < -0.39 is 0 Å². The van der Waals surface area contributed by atoms with Gasteiger partial charge in [-0.1, -0.05) is 25.1 Å². The third-order valence-corrected chi connectivity index (χ3v) is 4.02. The molecule has 0 aliphatic rings. The molecule has 1 heterocycles. The van der Waals surface area contributed by atoms with Crippen LogP contribution in [-0.2, 0) is 24.2 Å². The van der Waals surface area contributed by atoms with Crippen LogP contribution in [0.2, 0.25) is 0 Å². The molecule has 0 saturated carbocycles. The van der Waals surface area contributed by atoms with Gasteiger partial charge < -0.3 is 10.1 Å². The van der Waals surface area contributed by atoms with Crippen LogP contribution in [0.25, 0.3) is 0 Å². The quantitative estimate of drug-likeness (QED) is 0.887. The zero-order chi connectivity index (χ0) is 14.4. The molecule has 0 bridgehead atoms. The van der Waals surface area contributed by atoms with E-state index in [1.54, 1.807) is 18.4 Å². The van der Waals surface area contributed by atoms with Crippen molar-refractivity contribution in [3.63, 3.8) is 0 Å². The largest absolute Gasteiger partial charge is 0.496 e. The van der Waals surface area contributed by atoms with Crippen LogP contribution >= 0.6 is 11.3 Å². The summed E-state index contributed by atoms with van der Waals surface area (Å²) in [4.78, 5) is 13.0. The number of hydrogen-bond acceptors (Lipinski definition) is 3. The number of carbonyl (C=O) groups excluding carboxylic acids is 1. The van der Waals surface area contributed by atoms with E-state index in [1.807, 2.05) is 23.6 Å². The minimum absolute atomic E-state index is 0.0383. The molecule has 0 atom stereocenters. The smallest absolute Gasteiger partial charge is 0.225 e. The van der Waals surface area contributed by atoms with Crippen LogP contribution in [0.3, 0.4) is 0 Å². The van der Waals surface area contributed by atoms with E-state index in [4.69, 9.17) is 4.74 Å². The first-order valence-corrected chi connectivity index (χ1v) is 7.55. The van der Waals surface area contributed by atoms with Gasteiger partial charge in [0.1, 0.15) is 5.75 Å². The first-order chi connectivity index (χ1) is 9.72. The Hall–Kier alpha value is -1.81. The zero-order valence-electron chi connectivity index (χ0n) is 11.8. The van der Waals surface area contributed by atoms with E-state index in [-0.39, 0.29) is 5.91 Å². The van der Waals surface area contributed by atoms with E-state index >= 15 is 0 Å². The maximum atomic E-state index is 11.9. The van der Waals surface area contributed by atoms with Crippen LogP contribution in [0.4, 0.5) is 0 Å². The average molecular weight is 289 g/mol. The predicted octanol–water partition coefficient (Wildman–Crippen LogP) is 3.18. The molecule has 1 amide bonds. The second kappa shape index (κ2) is 7.10. The van der Waals surface area contributed by atoms with Gasteiger partial charge in [-0.05, 0) is 29.5 Å². The molecule has 2 rings (SSSR count). The fourth-order valence-corrected chi connectivity index (χ4v) is 2.72. The van der Waals surface area contributed by atoms with E-state index in [0.29, 0.717) is 13.0 Å². The number of aryl methyl sites for hydroxylation is 1. The minimum Gasteiger partial charge on any atom is -0.496 e. The SMILES string of the molecule is CCc1ccc(OC)c(CNC(=O)Cc2cccs2)c1. The summed E-state index contributed by atoms with van der Waals surface area (Å²) in [5, 5.41) is 4.93. The number of nitrogens with one attached hydrogen (secondary N) is 1. The van der Waals surface area contributed by atoms with Gasteiger partial charge in [0.15, 0.2) is 0 Å². The van der Waals surface area contributed by atoms with Crippen molar-refractivity contribution in [2.75, 3.05) is 7.11 Å². The van der Waals surface area contributed by atoms with Crippen molar-refractivity contribution in [3.8, 4) is 5.75 Å². The number of rotatable bonds is 6. The van der Waals surface area contributed by atoms with Crippen LogP contribution < -0.4 is 10.1 Å². The van der Waals surface area contributed by atoms with Crippen LogP contribution in [0.1, 0.15) is 22.9 Å². The Bertz CT molecular complexity index is 564. The summed E-state index contributed by atoms with van der Waals surface area (Å²) < 4.78 is 5.33. The molecule has 0 radical (unpaired) electrons. The standard InChI is InChI=1S/C16H19NO2S/c1-3-12-6-7-15(19-2)13(9-12)11-17-16(18)10-14-5-4-8-20-14/h4-9H,3,10-11H2,1-2H3,(H,17,18). The first-order valence-electron chi connectivity index (χ1n) is 6.67. The second-order valence-corrected chi connectivity index (χ2v) is 5.56. The average Bonchev–Trinajstić information content (AvgIpc) is 2.97. The predicted molar refractivity (Wildman–Crippen MR) is 82.2 cm³/mol. The van der Waals surface area contributed by atoms with Crippen molar-refractivity contribution in [1.29, 1.82) is 0 Å². The fourth-order valence-electron chi connectivity index (χ4n) is 2.02. The van der Waals surface area contributed by atoms with Gasteiger partial charge in [-0.2, -0.15) is 0 Å². The maximum Gasteiger partial charge on any atom is 0.225 e. The highest BCUT2D eigenvalue weighted by molar-refractivity contribution is 7.10. The van der Waals surface area contributed by atoms with Crippen molar-refractivity contribution >= 4 is 17.2 Å². The van der Waals surface area contributed by atoms with Crippen molar-refractivity contribution in [3.05, 3.63) is 51.7 Å². The van der Waals surface area contributed by atoms with Gasteiger partial charge in [-0.25, -0.2) is 0 Å². The van der Waals surface area contributed by atoms with Gasteiger partial charge >= 0.3 is 0 Å². The fraction of sp³-hybridized carbons (Fsp3) is 0.312. The number of ether oxygens (including phenoxy) is 1. The molecule has 1 aromatic heterocycles. The Morgan fingerprint density at radius 1 is 1.35 bits per heavy atom. The van der Waals surface area contributed by atoms with Crippen molar-refractivity contribution < 1.29 is 9.53 Å². The number of benzene rings is 1. The lowest BCUT2D eigenvalue weighted by Crippen LogP contribution is -2.24. The Balaban J connectivity index is 1.97. The molecule has 2 aromatic rings. The molecule has 4 heteroatoms. The third-order valence-electron chi connectivity index (χ3n) is 3.14. The Morgan fingerprint density at radius 2 is 2.20 bits per heavy atom. The molecule has 0 aliphatic heterocycles. The van der Waals surface area contributed by atoms with Gasteiger partial charge in [0.2, 0.25) is 5.91 Å². The first kappa shape index (κ1) is 14.6. The van der Waals surface area contributed by atoms with E-state index in [1.165, 1.54) is 5.56 Å². The Labute approximate surface area is 123 Å². The summed E-state index contributed by atoms with van der Waals surface area (Å²) >= 11 is 1.60. The molecule has 20 heavy (non-hydrogen) atoms. The lowest BCUT2D eigenvalue weighted by atomic mass is 10.1. The van der Waals surface area contributed by atoms with Gasteiger partial charge in [0, 0.05) is 17.0 Å². The Morgan fingerprint density at radius 3 is 2.85 bits per heavy atom. The van der Waals surface area contributed by atoms with Crippen LogP contribution in [-0.4, -0.2) is 13.0 Å². The number of hydrogen-bond donors (Lipinski definition) is 1. The van der Waals surface area contributed by atoms with E-state index in [0.717, 1.165) is 22.6 Å². The number of amides is 1. The van der Waals surface area contributed by atoms with Gasteiger partial charge in [0.05, 0.1) is 13.5 Å². The third kappa shape index (κ3) is 3.84. The number of carbonyl (C=O) groups is 1. The molecule has 106 valence electrons. The van der Waals surface area contributed by atoms with E-state index in [9.17, 15) is 4.79 Å². The summed E-state index contributed by atoms with van der Waals surface area (Å²) in [6.07, 6.45) is 1.41. The highest BCUT2D eigenvalue weighted by Crippen LogP contribution is 2.20. The molecule has 1 aromatic carbocycles. The van der Waals surface area contributed by atoms with Crippen LogP contribution in [0.15, 0.2) is 35.7 Å². The van der Waals surface area contributed by atoms with E-state index in [2.05, 4.69) is 24.4 Å². The van der Waals surface area contributed by atoms with Gasteiger partial charge in [0.25, 0.3) is 0 Å². The van der Waals surface area contributed by atoms with Crippen molar-refractivity contribution in [2.45, 2.75) is 26.3 Å². The molecule has 0 spiro atoms. The topological polar surface area (TPSA) is 38.3 Å². The summed E-state index contributed by atoms with van der Waals surface area (Å²) in [5.41, 5.74) is 2.26. The zero-order valence-corrected chi connectivity index (χ0v) is 12.6. The molecule has 0 unspecified atom stereocenters. The van der Waals surface area contributed by atoms with Crippen molar-refractivity contribution in [1.82, 2.24) is 5.32 Å². The van der Waals surface area contributed by atoms with Gasteiger partial charge in [-0.3, -0.25) is 4.79 Å². The highest BCUT2D eigenvalue weighted by atomic mass is 32.1. The van der Waals surface area contributed by atoms with Crippen molar-refractivity contribution in [2.24, 2.45) is 0 Å². The molecular weight excluding hydrogens is 270 g/mol. The Kier molecular flexibility index (Phi) is 5.18. The lowest BCUT2D eigenvalue weighted by molar-refractivity contribution is -0.120.